The minimum Gasteiger partial charge on any atom is -0.484 e. The monoisotopic (exact) mass is 341 g/mol. The van der Waals surface area contributed by atoms with Crippen molar-refractivity contribution < 1.29 is 19.1 Å². The first-order valence-electron chi connectivity index (χ1n) is 8.26. The first-order chi connectivity index (χ1) is 12.0. The van der Waals surface area contributed by atoms with E-state index in [1.165, 1.54) is 0 Å². The maximum atomic E-state index is 12.1. The van der Waals surface area contributed by atoms with Gasteiger partial charge in [0.2, 0.25) is 0 Å². The number of amides is 1. The molecule has 5 heteroatoms. The highest BCUT2D eigenvalue weighted by molar-refractivity contribution is 5.95. The lowest BCUT2D eigenvalue weighted by Crippen LogP contribution is -2.20. The number of nitrogens with one attached hydrogen (secondary N) is 1. The van der Waals surface area contributed by atoms with Crippen LogP contribution in [0.2, 0.25) is 0 Å². The van der Waals surface area contributed by atoms with E-state index in [2.05, 4.69) is 5.32 Å². The van der Waals surface area contributed by atoms with Crippen LogP contribution in [0.1, 0.15) is 34.8 Å². The molecular weight excluding hydrogens is 318 g/mol. The second-order valence-electron chi connectivity index (χ2n) is 5.88. The maximum absolute atomic E-state index is 12.1. The number of aryl methyl sites for hydroxylation is 2. The molecule has 0 radical (unpaired) electrons. The molecule has 5 nitrogen and oxygen atoms in total. The molecule has 2 rings (SSSR count). The normalized spacial score (nSPS) is 10.2. The Morgan fingerprint density at radius 1 is 1.04 bits per heavy atom. The van der Waals surface area contributed by atoms with Crippen LogP contribution in [0.15, 0.2) is 42.5 Å². The molecule has 0 bridgehead atoms. The van der Waals surface area contributed by atoms with Crippen molar-refractivity contribution in [1.29, 1.82) is 0 Å². The fraction of sp³-hybridized carbons (Fsp3) is 0.300. The highest BCUT2D eigenvalue weighted by atomic mass is 16.5. The zero-order chi connectivity index (χ0) is 18.2. The molecule has 0 saturated heterocycles. The molecule has 1 N–H and O–H groups in total. The molecular formula is C20H23NO4. The van der Waals surface area contributed by atoms with Crippen LogP contribution in [-0.2, 0) is 9.53 Å². The molecule has 1 amide bonds. The third-order valence-corrected chi connectivity index (χ3v) is 3.38. The molecule has 0 aliphatic heterocycles. The molecule has 0 aromatic heterocycles. The average Bonchev–Trinajstić information content (AvgIpc) is 2.57. The van der Waals surface area contributed by atoms with Crippen LogP contribution in [0, 0.1) is 13.8 Å². The Balaban J connectivity index is 1.92. The van der Waals surface area contributed by atoms with E-state index in [9.17, 15) is 9.59 Å². The number of hydrogen-bond donors (Lipinski definition) is 1. The van der Waals surface area contributed by atoms with Crippen LogP contribution in [-0.4, -0.2) is 25.1 Å². The van der Waals surface area contributed by atoms with E-state index < -0.39 is 5.97 Å². The van der Waals surface area contributed by atoms with Crippen molar-refractivity contribution in [2.75, 3.05) is 18.5 Å². The summed E-state index contributed by atoms with van der Waals surface area (Å²) in [5.41, 5.74) is 3.09. The van der Waals surface area contributed by atoms with Gasteiger partial charge in [-0.1, -0.05) is 19.1 Å². The fourth-order valence-corrected chi connectivity index (χ4v) is 2.36. The summed E-state index contributed by atoms with van der Waals surface area (Å²) in [5, 5.41) is 2.72. The van der Waals surface area contributed by atoms with Gasteiger partial charge in [0.05, 0.1) is 12.2 Å². The number of anilines is 1. The molecule has 2 aromatic carbocycles. The fourth-order valence-electron chi connectivity index (χ4n) is 2.36. The highest BCUT2D eigenvalue weighted by Crippen LogP contribution is 2.16. The quantitative estimate of drug-likeness (QED) is 0.776. The minimum atomic E-state index is -0.399. The molecule has 0 unspecified atom stereocenters. The van der Waals surface area contributed by atoms with E-state index in [-0.39, 0.29) is 12.5 Å². The summed E-state index contributed by atoms with van der Waals surface area (Å²) < 4.78 is 10.6. The largest absolute Gasteiger partial charge is 0.484 e. The second-order valence-corrected chi connectivity index (χ2v) is 5.88. The van der Waals surface area contributed by atoms with Crippen molar-refractivity contribution in [3.05, 3.63) is 59.2 Å². The molecule has 2 aromatic rings. The van der Waals surface area contributed by atoms with Crippen molar-refractivity contribution >= 4 is 17.6 Å². The number of rotatable bonds is 7. The van der Waals surface area contributed by atoms with E-state index >= 15 is 0 Å². The Labute approximate surface area is 148 Å². The average molecular weight is 341 g/mol. The van der Waals surface area contributed by atoms with Gasteiger partial charge in [0.25, 0.3) is 5.91 Å². The van der Waals surface area contributed by atoms with Crippen LogP contribution in [0.4, 0.5) is 5.69 Å². The number of carbonyl (C=O) groups excluding carboxylic acids is 2. The van der Waals surface area contributed by atoms with Crippen molar-refractivity contribution in [2.24, 2.45) is 0 Å². The Morgan fingerprint density at radius 2 is 1.76 bits per heavy atom. The molecule has 132 valence electrons. The van der Waals surface area contributed by atoms with Gasteiger partial charge in [-0.2, -0.15) is 0 Å². The second kappa shape index (κ2) is 8.87. The van der Waals surface area contributed by atoms with Crippen molar-refractivity contribution in [3.8, 4) is 5.75 Å². The molecule has 0 aliphatic carbocycles. The van der Waals surface area contributed by atoms with Crippen LogP contribution >= 0.6 is 0 Å². The number of benzene rings is 2. The van der Waals surface area contributed by atoms with Gasteiger partial charge in [-0.05, 0) is 61.7 Å². The zero-order valence-corrected chi connectivity index (χ0v) is 14.8. The number of esters is 1. The van der Waals surface area contributed by atoms with Crippen LogP contribution in [0.5, 0.6) is 5.75 Å². The molecule has 0 heterocycles. The molecule has 0 spiro atoms. The van der Waals surface area contributed by atoms with E-state index in [1.54, 1.807) is 24.3 Å². The van der Waals surface area contributed by atoms with Gasteiger partial charge in [0.15, 0.2) is 6.61 Å². The van der Waals surface area contributed by atoms with Crippen molar-refractivity contribution in [2.45, 2.75) is 27.2 Å². The summed E-state index contributed by atoms with van der Waals surface area (Å²) in [5.74, 6) is -0.0350. The van der Waals surface area contributed by atoms with E-state index in [0.717, 1.165) is 17.5 Å². The van der Waals surface area contributed by atoms with Gasteiger partial charge in [-0.3, -0.25) is 4.79 Å². The topological polar surface area (TPSA) is 64.6 Å². The standard InChI is InChI=1S/C20H23NO4/c1-4-8-24-20(23)16-6-5-7-17(12-16)21-19(22)13-25-18-10-14(2)9-15(3)11-18/h5-7,9-12H,4,8,13H2,1-3H3,(H,21,22). The smallest absolute Gasteiger partial charge is 0.338 e. The number of ether oxygens (including phenoxy) is 2. The summed E-state index contributed by atoms with van der Waals surface area (Å²) in [4.78, 5) is 23.9. The minimum absolute atomic E-state index is 0.104. The Morgan fingerprint density at radius 3 is 2.44 bits per heavy atom. The summed E-state index contributed by atoms with van der Waals surface area (Å²) in [6, 6.07) is 12.5. The zero-order valence-electron chi connectivity index (χ0n) is 14.8. The third-order valence-electron chi connectivity index (χ3n) is 3.38. The number of hydrogen-bond acceptors (Lipinski definition) is 4. The molecule has 0 fully saturated rings. The van der Waals surface area contributed by atoms with Gasteiger partial charge in [-0.25, -0.2) is 4.79 Å². The number of carbonyl (C=O) groups is 2. The summed E-state index contributed by atoms with van der Waals surface area (Å²) in [6.45, 7) is 6.15. The third kappa shape index (κ3) is 5.95. The van der Waals surface area contributed by atoms with Crippen LogP contribution in [0.25, 0.3) is 0 Å². The van der Waals surface area contributed by atoms with E-state index in [1.807, 2.05) is 39.0 Å². The Kier molecular flexibility index (Phi) is 6.57. The molecule has 0 aliphatic rings. The van der Waals surface area contributed by atoms with Gasteiger partial charge < -0.3 is 14.8 Å². The van der Waals surface area contributed by atoms with Gasteiger partial charge >= 0.3 is 5.97 Å². The predicted molar refractivity (Wildman–Crippen MR) is 97.1 cm³/mol. The molecule has 0 atom stereocenters. The first-order valence-corrected chi connectivity index (χ1v) is 8.26. The lowest BCUT2D eigenvalue weighted by molar-refractivity contribution is -0.118. The summed E-state index contributed by atoms with van der Waals surface area (Å²) in [7, 11) is 0. The van der Waals surface area contributed by atoms with Crippen molar-refractivity contribution in [3.63, 3.8) is 0 Å². The van der Waals surface area contributed by atoms with Crippen molar-refractivity contribution in [1.82, 2.24) is 0 Å². The van der Waals surface area contributed by atoms with Crippen LogP contribution in [0.3, 0.4) is 0 Å². The Bertz CT molecular complexity index is 735. The van der Waals surface area contributed by atoms with Gasteiger partial charge in [-0.15, -0.1) is 0 Å². The van der Waals surface area contributed by atoms with E-state index in [4.69, 9.17) is 9.47 Å². The highest BCUT2D eigenvalue weighted by Gasteiger charge is 2.09. The Hall–Kier alpha value is -2.82. The predicted octanol–water partition coefficient (Wildman–Crippen LogP) is 3.89. The summed E-state index contributed by atoms with van der Waals surface area (Å²) >= 11 is 0. The van der Waals surface area contributed by atoms with Gasteiger partial charge in [0.1, 0.15) is 5.75 Å². The van der Waals surface area contributed by atoms with Gasteiger partial charge in [0, 0.05) is 5.69 Å². The SMILES string of the molecule is CCCOC(=O)c1cccc(NC(=O)COc2cc(C)cc(C)c2)c1. The lowest BCUT2D eigenvalue weighted by Gasteiger charge is -2.10. The van der Waals surface area contributed by atoms with Crippen LogP contribution < -0.4 is 10.1 Å². The first kappa shape index (κ1) is 18.5. The molecule has 25 heavy (non-hydrogen) atoms. The van der Waals surface area contributed by atoms with E-state index in [0.29, 0.717) is 23.6 Å². The summed E-state index contributed by atoms with van der Waals surface area (Å²) in [6.07, 6.45) is 0.762. The maximum Gasteiger partial charge on any atom is 0.338 e. The lowest BCUT2D eigenvalue weighted by atomic mass is 10.1. The molecule has 0 saturated carbocycles.